The van der Waals surface area contributed by atoms with Crippen molar-refractivity contribution >= 4 is 11.8 Å². The van der Waals surface area contributed by atoms with Gasteiger partial charge in [-0.05, 0) is 26.0 Å². The van der Waals surface area contributed by atoms with E-state index in [0.717, 1.165) is 4.90 Å². The maximum Gasteiger partial charge on any atom is 0.136 e. The largest absolute Gasteiger partial charge is 0.387 e. The molecular formula is C13H16O3S. The number of fused-ring (bicyclic) bond motifs is 1. The minimum absolute atomic E-state index is 0.0262. The molecule has 1 N–H and O–H groups in total. The molecule has 4 heteroatoms. The van der Waals surface area contributed by atoms with Crippen molar-refractivity contribution in [2.24, 2.45) is 0 Å². The smallest absolute Gasteiger partial charge is 0.136 e. The van der Waals surface area contributed by atoms with Crippen molar-refractivity contribution in [3.8, 4) is 0 Å². The molecule has 1 aromatic rings. The number of hydrogen-bond donors (Lipinski definition) is 1. The molecule has 17 heavy (non-hydrogen) atoms. The van der Waals surface area contributed by atoms with Gasteiger partial charge in [-0.15, -0.1) is 0 Å². The lowest BCUT2D eigenvalue weighted by molar-refractivity contribution is -0.0477. The summed E-state index contributed by atoms with van der Waals surface area (Å²) in [6, 6.07) is 8.25. The third kappa shape index (κ3) is 2.22. The number of rotatable bonds is 2. The highest BCUT2D eigenvalue weighted by Crippen LogP contribution is 2.42. The molecule has 3 rings (SSSR count). The minimum Gasteiger partial charge on any atom is -0.387 e. The highest BCUT2D eigenvalue weighted by Gasteiger charge is 2.55. The first-order valence-corrected chi connectivity index (χ1v) is 6.75. The first-order valence-electron chi connectivity index (χ1n) is 5.87. The first-order chi connectivity index (χ1) is 8.15. The van der Waals surface area contributed by atoms with E-state index in [4.69, 9.17) is 9.47 Å². The highest BCUT2D eigenvalue weighted by atomic mass is 32.2. The molecular weight excluding hydrogens is 236 g/mol. The number of hydrogen-bond acceptors (Lipinski definition) is 4. The average molecular weight is 252 g/mol. The van der Waals surface area contributed by atoms with Crippen molar-refractivity contribution in [1.82, 2.24) is 0 Å². The predicted molar refractivity (Wildman–Crippen MR) is 66.0 cm³/mol. The van der Waals surface area contributed by atoms with E-state index in [0.29, 0.717) is 0 Å². The van der Waals surface area contributed by atoms with E-state index in [2.05, 4.69) is 31.2 Å². The Labute approximate surface area is 105 Å². The van der Waals surface area contributed by atoms with Crippen LogP contribution >= 0.6 is 11.8 Å². The molecule has 2 fully saturated rings. The fourth-order valence-corrected chi connectivity index (χ4v) is 3.25. The SMILES string of the molecule is Cc1ccc(S[C@H]2O[C@@H](C)[C@H]3O[C@H]3[C@@H]2O)cc1. The summed E-state index contributed by atoms with van der Waals surface area (Å²) in [5.74, 6) is 0. The van der Waals surface area contributed by atoms with Crippen LogP contribution in [-0.4, -0.2) is 35.0 Å². The Kier molecular flexibility index (Phi) is 2.91. The summed E-state index contributed by atoms with van der Waals surface area (Å²) in [6.45, 7) is 4.06. The van der Waals surface area contributed by atoms with Crippen LogP contribution in [0, 0.1) is 6.92 Å². The van der Waals surface area contributed by atoms with Gasteiger partial charge < -0.3 is 14.6 Å². The lowest BCUT2D eigenvalue weighted by Crippen LogP contribution is -2.42. The van der Waals surface area contributed by atoms with Gasteiger partial charge in [-0.3, -0.25) is 0 Å². The van der Waals surface area contributed by atoms with Crippen molar-refractivity contribution in [3.05, 3.63) is 29.8 Å². The maximum absolute atomic E-state index is 10.0. The Bertz CT molecular complexity index is 406. The molecule has 0 spiro atoms. The molecule has 3 nitrogen and oxygen atoms in total. The van der Waals surface area contributed by atoms with Crippen molar-refractivity contribution in [2.45, 2.75) is 48.6 Å². The van der Waals surface area contributed by atoms with Crippen LogP contribution in [0.25, 0.3) is 0 Å². The van der Waals surface area contributed by atoms with E-state index in [1.165, 1.54) is 5.56 Å². The molecule has 0 aromatic heterocycles. The standard InChI is InChI=1S/C13H16O3S/c1-7-3-5-9(6-4-7)17-13-10(14)12-11(16-12)8(2)15-13/h3-6,8,10-14H,1-2H3/t8-,10-,11+,12-,13+/m0/s1. The zero-order valence-corrected chi connectivity index (χ0v) is 10.7. The molecule has 2 aliphatic rings. The van der Waals surface area contributed by atoms with Crippen LogP contribution in [0.1, 0.15) is 12.5 Å². The van der Waals surface area contributed by atoms with E-state index in [9.17, 15) is 5.11 Å². The summed E-state index contributed by atoms with van der Waals surface area (Å²) in [7, 11) is 0. The Hall–Kier alpha value is -0.550. The lowest BCUT2D eigenvalue weighted by atomic mass is 10.1. The zero-order chi connectivity index (χ0) is 12.0. The Morgan fingerprint density at radius 2 is 1.82 bits per heavy atom. The minimum atomic E-state index is -0.525. The highest BCUT2D eigenvalue weighted by molar-refractivity contribution is 7.99. The van der Waals surface area contributed by atoms with Gasteiger partial charge in [0, 0.05) is 4.90 Å². The molecule has 0 amide bonds. The van der Waals surface area contributed by atoms with E-state index in [1.54, 1.807) is 11.8 Å². The Morgan fingerprint density at radius 1 is 1.12 bits per heavy atom. The van der Waals surface area contributed by atoms with Crippen LogP contribution in [0.15, 0.2) is 29.2 Å². The Morgan fingerprint density at radius 3 is 2.53 bits per heavy atom. The fourth-order valence-electron chi connectivity index (χ4n) is 2.16. The van der Waals surface area contributed by atoms with Gasteiger partial charge in [-0.1, -0.05) is 29.5 Å². The molecule has 0 aliphatic carbocycles. The van der Waals surface area contributed by atoms with Crippen LogP contribution in [0.5, 0.6) is 0 Å². The molecule has 0 radical (unpaired) electrons. The van der Waals surface area contributed by atoms with Gasteiger partial charge >= 0.3 is 0 Å². The van der Waals surface area contributed by atoms with Crippen LogP contribution in [0.4, 0.5) is 0 Å². The number of epoxide rings is 1. The quantitative estimate of drug-likeness (QED) is 0.817. The summed E-state index contributed by atoms with van der Waals surface area (Å²) in [6.07, 6.45) is -0.379. The average Bonchev–Trinajstić information content (AvgIpc) is 3.09. The number of aryl methyl sites for hydroxylation is 1. The van der Waals surface area contributed by atoms with Crippen molar-refractivity contribution in [2.75, 3.05) is 0 Å². The van der Waals surface area contributed by atoms with Gasteiger partial charge in [0.2, 0.25) is 0 Å². The molecule has 92 valence electrons. The summed E-state index contributed by atoms with van der Waals surface area (Å²) >= 11 is 1.56. The van der Waals surface area contributed by atoms with Crippen LogP contribution in [0.2, 0.25) is 0 Å². The molecule has 0 unspecified atom stereocenters. The topological polar surface area (TPSA) is 42.0 Å². The lowest BCUT2D eigenvalue weighted by Gasteiger charge is -2.28. The van der Waals surface area contributed by atoms with Crippen LogP contribution in [-0.2, 0) is 9.47 Å². The van der Waals surface area contributed by atoms with Gasteiger partial charge in [0.15, 0.2) is 0 Å². The number of aliphatic hydroxyl groups is 1. The van der Waals surface area contributed by atoms with E-state index in [-0.39, 0.29) is 23.7 Å². The zero-order valence-electron chi connectivity index (χ0n) is 9.87. The second-order valence-corrected chi connectivity index (χ2v) is 5.87. The summed E-state index contributed by atoms with van der Waals surface area (Å²) in [5, 5.41) is 10.0. The molecule has 5 atom stereocenters. The molecule has 0 bridgehead atoms. The summed E-state index contributed by atoms with van der Waals surface area (Å²) in [5.41, 5.74) is 1.01. The van der Waals surface area contributed by atoms with Crippen molar-refractivity contribution < 1.29 is 14.6 Å². The van der Waals surface area contributed by atoms with E-state index >= 15 is 0 Å². The van der Waals surface area contributed by atoms with Crippen LogP contribution < -0.4 is 0 Å². The maximum atomic E-state index is 10.0. The summed E-state index contributed by atoms with van der Waals surface area (Å²) in [4.78, 5) is 1.12. The van der Waals surface area contributed by atoms with Gasteiger partial charge in [-0.2, -0.15) is 0 Å². The third-order valence-corrected chi connectivity index (χ3v) is 4.43. The molecule has 0 saturated carbocycles. The molecule has 2 aliphatic heterocycles. The number of benzene rings is 1. The van der Waals surface area contributed by atoms with Crippen LogP contribution in [0.3, 0.4) is 0 Å². The third-order valence-electron chi connectivity index (χ3n) is 3.26. The van der Waals surface area contributed by atoms with Gasteiger partial charge in [0.25, 0.3) is 0 Å². The second kappa shape index (κ2) is 4.28. The first kappa shape index (κ1) is 11.5. The van der Waals surface area contributed by atoms with Crippen molar-refractivity contribution in [1.29, 1.82) is 0 Å². The van der Waals surface area contributed by atoms with E-state index < -0.39 is 6.10 Å². The number of aliphatic hydroxyl groups excluding tert-OH is 1. The normalized spacial score (nSPS) is 39.8. The monoisotopic (exact) mass is 252 g/mol. The fraction of sp³-hybridized carbons (Fsp3) is 0.538. The molecule has 2 saturated heterocycles. The van der Waals surface area contributed by atoms with Gasteiger partial charge in [0.05, 0.1) is 6.10 Å². The van der Waals surface area contributed by atoms with Gasteiger partial charge in [0.1, 0.15) is 23.7 Å². The van der Waals surface area contributed by atoms with Gasteiger partial charge in [-0.25, -0.2) is 0 Å². The molecule has 2 heterocycles. The molecule has 1 aromatic carbocycles. The number of ether oxygens (including phenoxy) is 2. The van der Waals surface area contributed by atoms with E-state index in [1.807, 2.05) is 6.92 Å². The number of thioether (sulfide) groups is 1. The van der Waals surface area contributed by atoms with Crippen molar-refractivity contribution in [3.63, 3.8) is 0 Å². The Balaban J connectivity index is 1.70. The second-order valence-electron chi connectivity index (χ2n) is 4.70. The summed E-state index contributed by atoms with van der Waals surface area (Å²) < 4.78 is 11.2. The predicted octanol–water partition coefficient (Wildman–Crippen LogP) is 1.96.